The van der Waals surface area contributed by atoms with Gasteiger partial charge in [-0.25, -0.2) is 5.06 Å². The van der Waals surface area contributed by atoms with Crippen LogP contribution < -0.4 is 15.6 Å². The summed E-state index contributed by atoms with van der Waals surface area (Å²) in [4.78, 5) is 22.8. The van der Waals surface area contributed by atoms with E-state index in [0.29, 0.717) is 29.3 Å². The minimum atomic E-state index is -0.477. The van der Waals surface area contributed by atoms with E-state index < -0.39 is 5.92 Å². The van der Waals surface area contributed by atoms with Gasteiger partial charge in [-0.05, 0) is 18.6 Å². The van der Waals surface area contributed by atoms with Gasteiger partial charge in [0.1, 0.15) is 5.75 Å². The normalized spacial score (nSPS) is 11.4. The van der Waals surface area contributed by atoms with Crippen LogP contribution in [0, 0.1) is 5.92 Å². The SMILES string of the molecule is CCCCCC(CN(O)C=O)C(=O)NNc1cccc(OC)c1. The zero-order chi connectivity index (χ0) is 17.1. The second-order valence-corrected chi connectivity index (χ2v) is 5.27. The maximum absolute atomic E-state index is 12.3. The second-order valence-electron chi connectivity index (χ2n) is 5.27. The summed E-state index contributed by atoms with van der Waals surface area (Å²) < 4.78 is 5.11. The van der Waals surface area contributed by atoms with E-state index in [9.17, 15) is 14.8 Å². The predicted molar refractivity (Wildman–Crippen MR) is 86.9 cm³/mol. The number of methoxy groups -OCH3 is 1. The predicted octanol–water partition coefficient (Wildman–Crippen LogP) is 2.18. The molecule has 0 aliphatic carbocycles. The van der Waals surface area contributed by atoms with Crippen LogP contribution in [0.15, 0.2) is 24.3 Å². The highest BCUT2D eigenvalue weighted by Gasteiger charge is 2.20. The fraction of sp³-hybridized carbons (Fsp3) is 0.500. The molecule has 1 atom stereocenters. The van der Waals surface area contributed by atoms with Gasteiger partial charge in [0.2, 0.25) is 12.3 Å². The molecule has 0 saturated carbocycles. The number of hydroxylamine groups is 2. The molecule has 3 N–H and O–H groups in total. The van der Waals surface area contributed by atoms with Gasteiger partial charge in [-0.1, -0.05) is 32.3 Å². The molecule has 23 heavy (non-hydrogen) atoms. The van der Waals surface area contributed by atoms with Crippen molar-refractivity contribution < 1.29 is 19.5 Å². The van der Waals surface area contributed by atoms with Crippen molar-refractivity contribution in [3.8, 4) is 5.75 Å². The number of anilines is 1. The summed E-state index contributed by atoms with van der Waals surface area (Å²) in [6.45, 7) is 2.04. The van der Waals surface area contributed by atoms with Crippen molar-refractivity contribution in [2.45, 2.75) is 32.6 Å². The quantitative estimate of drug-likeness (QED) is 0.251. The fourth-order valence-electron chi connectivity index (χ4n) is 2.15. The Morgan fingerprint density at radius 3 is 2.87 bits per heavy atom. The number of nitrogens with zero attached hydrogens (tertiary/aromatic N) is 1. The molecule has 0 radical (unpaired) electrons. The topological polar surface area (TPSA) is 90.9 Å². The van der Waals surface area contributed by atoms with Gasteiger partial charge < -0.3 is 4.74 Å². The summed E-state index contributed by atoms with van der Waals surface area (Å²) in [6, 6.07) is 7.14. The third-order valence-corrected chi connectivity index (χ3v) is 3.46. The fourth-order valence-corrected chi connectivity index (χ4v) is 2.15. The van der Waals surface area contributed by atoms with Crippen LogP contribution in [0.3, 0.4) is 0 Å². The number of amides is 2. The van der Waals surface area contributed by atoms with Gasteiger partial charge in [0.15, 0.2) is 0 Å². The number of benzene rings is 1. The van der Waals surface area contributed by atoms with Crippen LogP contribution in [-0.2, 0) is 9.59 Å². The van der Waals surface area contributed by atoms with Crippen LogP contribution in [0.4, 0.5) is 5.69 Å². The second kappa shape index (κ2) is 10.4. The number of hydrogen-bond acceptors (Lipinski definition) is 5. The van der Waals surface area contributed by atoms with Crippen molar-refractivity contribution in [3.63, 3.8) is 0 Å². The van der Waals surface area contributed by atoms with Crippen molar-refractivity contribution in [1.29, 1.82) is 0 Å². The molecule has 1 unspecified atom stereocenters. The molecule has 0 fully saturated rings. The highest BCUT2D eigenvalue weighted by atomic mass is 16.5. The molecule has 0 aliphatic heterocycles. The first kappa shape index (κ1) is 18.8. The highest BCUT2D eigenvalue weighted by molar-refractivity contribution is 5.80. The number of unbranched alkanes of at least 4 members (excludes halogenated alkanes) is 2. The largest absolute Gasteiger partial charge is 0.497 e. The molecule has 128 valence electrons. The van der Waals surface area contributed by atoms with E-state index in [1.54, 1.807) is 31.4 Å². The molecule has 7 nitrogen and oxygen atoms in total. The Labute approximate surface area is 136 Å². The smallest absolute Gasteiger partial charge is 0.243 e. The summed E-state index contributed by atoms with van der Waals surface area (Å²) >= 11 is 0. The van der Waals surface area contributed by atoms with Crippen LogP contribution in [0.25, 0.3) is 0 Å². The van der Waals surface area contributed by atoms with E-state index in [4.69, 9.17) is 4.74 Å². The third kappa shape index (κ3) is 7.01. The molecular weight excluding hydrogens is 298 g/mol. The highest BCUT2D eigenvalue weighted by Crippen LogP contribution is 2.16. The van der Waals surface area contributed by atoms with Gasteiger partial charge in [0.05, 0.1) is 25.3 Å². The summed E-state index contributed by atoms with van der Waals surface area (Å²) in [5.41, 5.74) is 6.10. The number of hydrazine groups is 1. The summed E-state index contributed by atoms with van der Waals surface area (Å²) in [5, 5.41) is 9.84. The summed E-state index contributed by atoms with van der Waals surface area (Å²) in [5.74, 6) is -0.0779. The van der Waals surface area contributed by atoms with Crippen molar-refractivity contribution in [2.75, 3.05) is 19.1 Å². The minimum Gasteiger partial charge on any atom is -0.497 e. The molecule has 0 saturated heterocycles. The van der Waals surface area contributed by atoms with Crippen molar-refractivity contribution in [2.24, 2.45) is 5.92 Å². The van der Waals surface area contributed by atoms with E-state index in [2.05, 4.69) is 17.8 Å². The van der Waals surface area contributed by atoms with E-state index in [-0.39, 0.29) is 12.5 Å². The van der Waals surface area contributed by atoms with Gasteiger partial charge in [0.25, 0.3) is 0 Å². The van der Waals surface area contributed by atoms with E-state index in [0.717, 1.165) is 19.3 Å². The monoisotopic (exact) mass is 323 g/mol. The van der Waals surface area contributed by atoms with Gasteiger partial charge in [-0.2, -0.15) is 0 Å². The molecule has 0 aromatic heterocycles. The number of ether oxygens (including phenoxy) is 1. The number of hydrogen-bond donors (Lipinski definition) is 3. The summed E-state index contributed by atoms with van der Waals surface area (Å²) in [6.07, 6.45) is 3.80. The zero-order valence-corrected chi connectivity index (χ0v) is 13.6. The van der Waals surface area contributed by atoms with Gasteiger partial charge in [-0.15, -0.1) is 0 Å². The van der Waals surface area contributed by atoms with Crippen LogP contribution in [0.1, 0.15) is 32.6 Å². The molecule has 0 heterocycles. The maximum Gasteiger partial charge on any atom is 0.243 e. The lowest BCUT2D eigenvalue weighted by atomic mass is 10.0. The average Bonchev–Trinajstić information content (AvgIpc) is 2.58. The molecule has 1 aromatic carbocycles. The van der Waals surface area contributed by atoms with Gasteiger partial charge >= 0.3 is 0 Å². The number of nitrogens with one attached hydrogen (secondary N) is 2. The lowest BCUT2D eigenvalue weighted by Crippen LogP contribution is -2.40. The molecule has 0 spiro atoms. The first-order valence-corrected chi connectivity index (χ1v) is 7.71. The third-order valence-electron chi connectivity index (χ3n) is 3.46. The maximum atomic E-state index is 12.3. The number of carbonyl (C=O) groups is 2. The number of rotatable bonds is 11. The Kier molecular flexibility index (Phi) is 8.52. The standard InChI is InChI=1S/C16H25N3O4/c1-3-4-5-7-13(11-19(22)12-20)16(21)18-17-14-8-6-9-15(10-14)23-2/h6,8-10,12-13,17,22H,3-5,7,11H2,1-2H3,(H,18,21). The Balaban J connectivity index is 2.58. The molecule has 0 aliphatic rings. The van der Waals surface area contributed by atoms with E-state index in [1.807, 2.05) is 0 Å². The Morgan fingerprint density at radius 2 is 2.22 bits per heavy atom. The van der Waals surface area contributed by atoms with Gasteiger partial charge in [-0.3, -0.25) is 25.6 Å². The molecule has 2 amide bonds. The lowest BCUT2D eigenvalue weighted by molar-refractivity contribution is -0.154. The molecule has 1 aromatic rings. The average molecular weight is 323 g/mol. The minimum absolute atomic E-state index is 0.0289. The molecular formula is C16H25N3O4. The number of carbonyl (C=O) groups excluding carboxylic acids is 2. The molecule has 1 rings (SSSR count). The van der Waals surface area contributed by atoms with Crippen LogP contribution >= 0.6 is 0 Å². The first-order valence-electron chi connectivity index (χ1n) is 7.71. The van der Waals surface area contributed by atoms with Crippen molar-refractivity contribution >= 4 is 18.0 Å². The van der Waals surface area contributed by atoms with Crippen LogP contribution in [-0.4, -0.2) is 36.2 Å². The zero-order valence-electron chi connectivity index (χ0n) is 13.6. The Bertz CT molecular complexity index is 496. The van der Waals surface area contributed by atoms with Crippen molar-refractivity contribution in [1.82, 2.24) is 10.5 Å². The first-order chi connectivity index (χ1) is 11.1. The van der Waals surface area contributed by atoms with E-state index >= 15 is 0 Å². The van der Waals surface area contributed by atoms with Crippen LogP contribution in [0.2, 0.25) is 0 Å². The van der Waals surface area contributed by atoms with Crippen LogP contribution in [0.5, 0.6) is 5.75 Å². The molecule has 7 heteroatoms. The summed E-state index contributed by atoms with van der Waals surface area (Å²) in [7, 11) is 1.57. The van der Waals surface area contributed by atoms with E-state index in [1.165, 1.54) is 0 Å². The lowest BCUT2D eigenvalue weighted by Gasteiger charge is -2.20. The Morgan fingerprint density at radius 1 is 1.43 bits per heavy atom. The Hall–Kier alpha value is -2.28. The van der Waals surface area contributed by atoms with Crippen molar-refractivity contribution in [3.05, 3.63) is 24.3 Å². The van der Waals surface area contributed by atoms with Gasteiger partial charge in [0, 0.05) is 6.07 Å². The molecule has 0 bridgehead atoms.